The molecule has 0 spiro atoms. The Kier molecular flexibility index (Phi) is 6.01. The summed E-state index contributed by atoms with van der Waals surface area (Å²) in [6.07, 6.45) is 6.17. The monoisotopic (exact) mass is 508 g/mol. The Morgan fingerprint density at radius 2 is 1.84 bits per heavy atom. The molecule has 0 amide bonds. The van der Waals surface area contributed by atoms with E-state index in [-0.39, 0.29) is 6.23 Å². The number of hydrogen-bond acceptors (Lipinski definition) is 5. The Labute approximate surface area is 221 Å². The number of rotatable bonds is 8. The number of nitrogens with zero attached hydrogens (tertiary/aromatic N) is 4. The van der Waals surface area contributed by atoms with Crippen LogP contribution in [0, 0.1) is 0 Å². The predicted octanol–water partition coefficient (Wildman–Crippen LogP) is 6.63. The van der Waals surface area contributed by atoms with Crippen molar-refractivity contribution >= 4 is 16.6 Å². The minimum absolute atomic E-state index is 0.0665. The van der Waals surface area contributed by atoms with Gasteiger partial charge in [-0.05, 0) is 73.9 Å². The van der Waals surface area contributed by atoms with Crippen molar-refractivity contribution in [3.8, 4) is 11.5 Å². The summed E-state index contributed by atoms with van der Waals surface area (Å²) in [5.74, 6) is 2.47. The Morgan fingerprint density at radius 3 is 2.68 bits per heavy atom. The molecule has 7 nitrogen and oxygen atoms in total. The zero-order valence-electron chi connectivity index (χ0n) is 21.6. The maximum atomic E-state index is 6.14. The molecule has 194 valence electrons. The molecule has 38 heavy (non-hydrogen) atoms. The fourth-order valence-corrected chi connectivity index (χ4v) is 5.71. The highest BCUT2D eigenvalue weighted by molar-refractivity contribution is 5.95. The molecule has 7 heteroatoms. The lowest BCUT2D eigenvalue weighted by Crippen LogP contribution is -2.19. The van der Waals surface area contributed by atoms with Crippen LogP contribution in [-0.2, 0) is 11.3 Å². The second kappa shape index (κ2) is 9.80. The van der Waals surface area contributed by atoms with E-state index in [9.17, 15) is 0 Å². The lowest BCUT2D eigenvalue weighted by atomic mass is 10.1. The SMILES string of the molecule is CCOc1ccc2c3c(C4CC4c4cccc(OCc5ccccc5)c4)nn(C4CCCCO4)c3nn2c1. The largest absolute Gasteiger partial charge is 0.492 e. The van der Waals surface area contributed by atoms with E-state index in [0.717, 1.165) is 66.0 Å². The number of aromatic nitrogens is 4. The van der Waals surface area contributed by atoms with Crippen molar-refractivity contribution < 1.29 is 14.2 Å². The minimum Gasteiger partial charge on any atom is -0.492 e. The second-order valence-electron chi connectivity index (χ2n) is 10.3. The molecule has 1 saturated heterocycles. The molecule has 2 fully saturated rings. The molecular formula is C31H32N4O3. The standard InChI is InChI=1S/C31H32N4O3/c1-2-36-24-14-15-27-29-30(32-35(28-13-6-7-16-37-28)31(29)33-34(27)19-24)26-18-25(26)22-11-8-12-23(17-22)38-20-21-9-4-3-5-10-21/h3-5,8-12,14-15,17,19,25-26,28H,2,6-7,13,16,18,20H2,1H3. The molecule has 4 heterocycles. The van der Waals surface area contributed by atoms with Gasteiger partial charge in [-0.3, -0.25) is 0 Å². The van der Waals surface area contributed by atoms with Gasteiger partial charge in [0.25, 0.3) is 0 Å². The van der Waals surface area contributed by atoms with Gasteiger partial charge in [0.05, 0.1) is 29.4 Å². The third kappa shape index (κ3) is 4.31. The quantitative estimate of drug-likeness (QED) is 0.235. The van der Waals surface area contributed by atoms with Gasteiger partial charge in [0.2, 0.25) is 0 Å². The number of benzene rings is 2. The van der Waals surface area contributed by atoms with E-state index in [2.05, 4.69) is 36.4 Å². The van der Waals surface area contributed by atoms with Crippen molar-refractivity contribution in [2.45, 2.75) is 57.3 Å². The molecule has 0 bridgehead atoms. The van der Waals surface area contributed by atoms with Gasteiger partial charge in [0.1, 0.15) is 18.1 Å². The molecule has 3 aromatic heterocycles. The van der Waals surface area contributed by atoms with Gasteiger partial charge in [-0.25, -0.2) is 9.20 Å². The molecule has 3 atom stereocenters. The predicted molar refractivity (Wildman–Crippen MR) is 146 cm³/mol. The van der Waals surface area contributed by atoms with Gasteiger partial charge >= 0.3 is 0 Å². The van der Waals surface area contributed by atoms with Crippen molar-refractivity contribution in [3.63, 3.8) is 0 Å². The Bertz CT molecular complexity index is 1570. The second-order valence-corrected chi connectivity index (χ2v) is 10.3. The van der Waals surface area contributed by atoms with E-state index < -0.39 is 0 Å². The molecule has 2 aromatic carbocycles. The molecule has 1 aliphatic heterocycles. The molecule has 0 N–H and O–H groups in total. The first-order valence-corrected chi connectivity index (χ1v) is 13.7. The number of ether oxygens (including phenoxy) is 3. The molecule has 5 aromatic rings. The summed E-state index contributed by atoms with van der Waals surface area (Å²) < 4.78 is 22.0. The van der Waals surface area contributed by atoms with Crippen LogP contribution in [0.5, 0.6) is 11.5 Å². The first-order chi connectivity index (χ1) is 18.8. The van der Waals surface area contributed by atoms with Crippen LogP contribution in [0.2, 0.25) is 0 Å². The zero-order valence-corrected chi connectivity index (χ0v) is 21.6. The number of hydrogen-bond donors (Lipinski definition) is 0. The third-order valence-corrected chi connectivity index (χ3v) is 7.69. The van der Waals surface area contributed by atoms with Crippen molar-refractivity contribution in [3.05, 3.63) is 89.7 Å². The first kappa shape index (κ1) is 23.3. The van der Waals surface area contributed by atoms with Crippen molar-refractivity contribution in [1.82, 2.24) is 19.4 Å². The first-order valence-electron chi connectivity index (χ1n) is 13.7. The van der Waals surface area contributed by atoms with Gasteiger partial charge < -0.3 is 14.2 Å². The van der Waals surface area contributed by atoms with Crippen molar-refractivity contribution in [2.24, 2.45) is 0 Å². The van der Waals surface area contributed by atoms with Gasteiger partial charge in [0.15, 0.2) is 11.9 Å². The summed E-state index contributed by atoms with van der Waals surface area (Å²) >= 11 is 0. The van der Waals surface area contributed by atoms with Gasteiger partial charge in [-0.2, -0.15) is 5.10 Å². The van der Waals surface area contributed by atoms with Crippen LogP contribution < -0.4 is 9.47 Å². The summed E-state index contributed by atoms with van der Waals surface area (Å²) in [5.41, 5.74) is 5.54. The Morgan fingerprint density at radius 1 is 0.921 bits per heavy atom. The van der Waals surface area contributed by atoms with Crippen LogP contribution in [-0.4, -0.2) is 32.6 Å². The van der Waals surface area contributed by atoms with E-state index in [4.69, 9.17) is 24.4 Å². The van der Waals surface area contributed by atoms with Crippen LogP contribution in [0.15, 0.2) is 72.9 Å². The number of fused-ring (bicyclic) bond motifs is 3. The van der Waals surface area contributed by atoms with E-state index in [1.54, 1.807) is 0 Å². The molecule has 3 unspecified atom stereocenters. The lowest BCUT2D eigenvalue weighted by molar-refractivity contribution is -0.0372. The van der Waals surface area contributed by atoms with E-state index in [1.165, 1.54) is 11.1 Å². The summed E-state index contributed by atoms with van der Waals surface area (Å²) in [6.45, 7) is 3.95. The van der Waals surface area contributed by atoms with Gasteiger partial charge in [-0.15, -0.1) is 5.10 Å². The van der Waals surface area contributed by atoms with E-state index in [1.807, 2.05) is 52.6 Å². The molecule has 1 saturated carbocycles. The highest BCUT2D eigenvalue weighted by atomic mass is 16.5. The maximum absolute atomic E-state index is 6.14. The summed E-state index contributed by atoms with van der Waals surface area (Å²) in [6, 6.07) is 23.0. The lowest BCUT2D eigenvalue weighted by Gasteiger charge is -2.22. The third-order valence-electron chi connectivity index (χ3n) is 7.69. The molecule has 2 aliphatic rings. The Hall–Kier alpha value is -3.84. The normalized spacial score (nSPS) is 21.1. The molecular weight excluding hydrogens is 476 g/mol. The average molecular weight is 509 g/mol. The summed E-state index contributed by atoms with van der Waals surface area (Å²) in [7, 11) is 0. The molecule has 1 aliphatic carbocycles. The summed E-state index contributed by atoms with van der Waals surface area (Å²) in [4.78, 5) is 0. The Balaban J connectivity index is 1.21. The topological polar surface area (TPSA) is 62.8 Å². The number of pyridine rings is 1. The van der Waals surface area contributed by atoms with E-state index in [0.29, 0.717) is 25.0 Å². The van der Waals surface area contributed by atoms with Gasteiger partial charge in [0, 0.05) is 12.5 Å². The smallest absolute Gasteiger partial charge is 0.183 e. The van der Waals surface area contributed by atoms with Crippen molar-refractivity contribution in [2.75, 3.05) is 13.2 Å². The molecule has 0 radical (unpaired) electrons. The van der Waals surface area contributed by atoms with Crippen LogP contribution in [0.25, 0.3) is 16.6 Å². The van der Waals surface area contributed by atoms with Gasteiger partial charge in [-0.1, -0.05) is 42.5 Å². The maximum Gasteiger partial charge on any atom is 0.183 e. The zero-order chi connectivity index (χ0) is 25.5. The molecule has 7 rings (SSSR count). The summed E-state index contributed by atoms with van der Waals surface area (Å²) in [5, 5.41) is 11.3. The average Bonchev–Trinajstić information content (AvgIpc) is 3.55. The fraction of sp³-hybridized carbons (Fsp3) is 0.355. The van der Waals surface area contributed by atoms with Crippen LogP contribution >= 0.6 is 0 Å². The fourth-order valence-electron chi connectivity index (χ4n) is 5.71. The highest BCUT2D eigenvalue weighted by Crippen LogP contribution is 2.56. The van der Waals surface area contributed by atoms with Crippen LogP contribution in [0.1, 0.15) is 67.5 Å². The highest BCUT2D eigenvalue weighted by Gasteiger charge is 2.44. The minimum atomic E-state index is -0.0665. The van der Waals surface area contributed by atoms with E-state index >= 15 is 0 Å². The van der Waals surface area contributed by atoms with Crippen LogP contribution in [0.3, 0.4) is 0 Å². The van der Waals surface area contributed by atoms with Crippen LogP contribution in [0.4, 0.5) is 0 Å². The van der Waals surface area contributed by atoms with Crippen molar-refractivity contribution in [1.29, 1.82) is 0 Å².